The number of ether oxygens (including phenoxy) is 2. The van der Waals surface area contributed by atoms with Gasteiger partial charge in [-0.1, -0.05) is 6.07 Å². The third-order valence-electron chi connectivity index (χ3n) is 2.85. The van der Waals surface area contributed by atoms with E-state index in [2.05, 4.69) is 15.3 Å². The van der Waals surface area contributed by atoms with Gasteiger partial charge in [-0.25, -0.2) is 4.98 Å². The first kappa shape index (κ1) is 13.9. The zero-order valence-electron chi connectivity index (χ0n) is 11.5. The molecule has 106 valence electrons. The van der Waals surface area contributed by atoms with E-state index < -0.39 is 0 Å². The zero-order valence-corrected chi connectivity index (χ0v) is 11.5. The Labute approximate surface area is 117 Å². The van der Waals surface area contributed by atoms with Crippen LogP contribution in [0.2, 0.25) is 0 Å². The minimum absolute atomic E-state index is 0.202. The SMILES string of the molecule is COc1cccc(C(=O)NCCc2ncc[nH]2)c1OC. The van der Waals surface area contributed by atoms with Crippen LogP contribution in [0.5, 0.6) is 11.5 Å². The molecule has 0 spiro atoms. The van der Waals surface area contributed by atoms with Crippen molar-refractivity contribution < 1.29 is 14.3 Å². The lowest BCUT2D eigenvalue weighted by molar-refractivity contribution is 0.0950. The summed E-state index contributed by atoms with van der Waals surface area (Å²) in [6, 6.07) is 5.20. The smallest absolute Gasteiger partial charge is 0.255 e. The number of imidazole rings is 1. The Morgan fingerprint density at radius 3 is 2.85 bits per heavy atom. The predicted molar refractivity (Wildman–Crippen MR) is 74.2 cm³/mol. The Bertz CT molecular complexity index is 567. The molecular weight excluding hydrogens is 258 g/mol. The van der Waals surface area contributed by atoms with E-state index >= 15 is 0 Å². The molecule has 2 N–H and O–H groups in total. The van der Waals surface area contributed by atoms with Gasteiger partial charge in [-0.15, -0.1) is 0 Å². The summed E-state index contributed by atoms with van der Waals surface area (Å²) in [5.74, 6) is 1.60. The number of aromatic nitrogens is 2. The van der Waals surface area contributed by atoms with Crippen molar-refractivity contribution in [2.45, 2.75) is 6.42 Å². The number of carbonyl (C=O) groups excluding carboxylic acids is 1. The summed E-state index contributed by atoms with van der Waals surface area (Å²) in [7, 11) is 3.05. The molecule has 2 rings (SSSR count). The fourth-order valence-corrected chi connectivity index (χ4v) is 1.89. The van der Waals surface area contributed by atoms with Gasteiger partial charge in [-0.2, -0.15) is 0 Å². The molecule has 1 aromatic heterocycles. The highest BCUT2D eigenvalue weighted by Gasteiger charge is 2.15. The molecule has 0 aliphatic carbocycles. The summed E-state index contributed by atoms with van der Waals surface area (Å²) in [5, 5.41) is 2.83. The molecule has 0 bridgehead atoms. The lowest BCUT2D eigenvalue weighted by Gasteiger charge is -2.12. The molecule has 20 heavy (non-hydrogen) atoms. The lowest BCUT2D eigenvalue weighted by Crippen LogP contribution is -2.26. The summed E-state index contributed by atoms with van der Waals surface area (Å²) in [5.41, 5.74) is 0.450. The van der Waals surface area contributed by atoms with E-state index in [-0.39, 0.29) is 5.91 Å². The number of amides is 1. The van der Waals surface area contributed by atoms with Crippen molar-refractivity contribution in [3.63, 3.8) is 0 Å². The molecule has 6 nitrogen and oxygen atoms in total. The van der Waals surface area contributed by atoms with Crippen LogP contribution >= 0.6 is 0 Å². The first-order valence-corrected chi connectivity index (χ1v) is 6.23. The van der Waals surface area contributed by atoms with Crippen LogP contribution in [0.4, 0.5) is 0 Å². The van der Waals surface area contributed by atoms with Crippen molar-refractivity contribution >= 4 is 5.91 Å². The maximum Gasteiger partial charge on any atom is 0.255 e. The summed E-state index contributed by atoms with van der Waals surface area (Å²) in [6.07, 6.45) is 4.08. The quantitative estimate of drug-likeness (QED) is 0.835. The maximum atomic E-state index is 12.1. The van der Waals surface area contributed by atoms with Crippen LogP contribution in [0.3, 0.4) is 0 Å². The predicted octanol–water partition coefficient (Wildman–Crippen LogP) is 1.40. The molecule has 0 saturated heterocycles. The summed E-state index contributed by atoms with van der Waals surface area (Å²) >= 11 is 0. The van der Waals surface area contributed by atoms with Gasteiger partial charge in [0.1, 0.15) is 5.82 Å². The number of methoxy groups -OCH3 is 2. The van der Waals surface area contributed by atoms with E-state index in [1.807, 2.05) is 0 Å². The minimum Gasteiger partial charge on any atom is -0.493 e. The van der Waals surface area contributed by atoms with Crippen LogP contribution in [0.1, 0.15) is 16.2 Å². The molecule has 0 radical (unpaired) electrons. The number of nitrogens with zero attached hydrogens (tertiary/aromatic N) is 1. The van der Waals surface area contributed by atoms with E-state index in [0.717, 1.165) is 5.82 Å². The number of benzene rings is 1. The van der Waals surface area contributed by atoms with Crippen molar-refractivity contribution in [2.75, 3.05) is 20.8 Å². The molecule has 0 aliphatic rings. The monoisotopic (exact) mass is 275 g/mol. The first-order chi connectivity index (χ1) is 9.76. The second kappa shape index (κ2) is 6.60. The Balaban J connectivity index is 2.01. The molecular formula is C14H17N3O3. The average Bonchev–Trinajstić information content (AvgIpc) is 2.99. The molecule has 2 aromatic rings. The van der Waals surface area contributed by atoms with Crippen LogP contribution in [0.15, 0.2) is 30.6 Å². The highest BCUT2D eigenvalue weighted by molar-refractivity contribution is 5.97. The fourth-order valence-electron chi connectivity index (χ4n) is 1.89. The largest absolute Gasteiger partial charge is 0.493 e. The number of para-hydroxylation sites is 1. The van der Waals surface area contributed by atoms with Crippen LogP contribution in [0, 0.1) is 0 Å². The number of nitrogens with one attached hydrogen (secondary N) is 2. The number of H-pyrrole nitrogens is 1. The molecule has 1 heterocycles. The zero-order chi connectivity index (χ0) is 14.4. The lowest BCUT2D eigenvalue weighted by atomic mass is 10.1. The fraction of sp³-hybridized carbons (Fsp3) is 0.286. The van der Waals surface area contributed by atoms with Crippen LogP contribution in [-0.4, -0.2) is 36.6 Å². The van der Waals surface area contributed by atoms with Crippen LogP contribution in [-0.2, 0) is 6.42 Å². The molecule has 0 aliphatic heterocycles. The Hall–Kier alpha value is -2.50. The summed E-state index contributed by atoms with van der Waals surface area (Å²) in [4.78, 5) is 19.2. The maximum absolute atomic E-state index is 12.1. The van der Waals surface area contributed by atoms with E-state index in [4.69, 9.17) is 9.47 Å². The summed E-state index contributed by atoms with van der Waals surface area (Å²) in [6.45, 7) is 0.493. The Morgan fingerprint density at radius 1 is 1.35 bits per heavy atom. The van der Waals surface area contributed by atoms with Gasteiger partial charge in [0, 0.05) is 25.4 Å². The van der Waals surface area contributed by atoms with Crippen molar-refractivity contribution in [2.24, 2.45) is 0 Å². The van der Waals surface area contributed by atoms with Crippen molar-refractivity contribution in [1.29, 1.82) is 0 Å². The number of hydrogen-bond donors (Lipinski definition) is 2. The van der Waals surface area contributed by atoms with Gasteiger partial charge in [0.2, 0.25) is 0 Å². The third-order valence-corrected chi connectivity index (χ3v) is 2.85. The number of aromatic amines is 1. The molecule has 0 atom stereocenters. The first-order valence-electron chi connectivity index (χ1n) is 6.23. The molecule has 0 unspecified atom stereocenters. The van der Waals surface area contributed by atoms with Gasteiger partial charge in [0.05, 0.1) is 19.8 Å². The van der Waals surface area contributed by atoms with E-state index in [9.17, 15) is 4.79 Å². The third kappa shape index (κ3) is 3.09. The van der Waals surface area contributed by atoms with Crippen LogP contribution in [0.25, 0.3) is 0 Å². The van der Waals surface area contributed by atoms with Gasteiger partial charge >= 0.3 is 0 Å². The highest BCUT2D eigenvalue weighted by Crippen LogP contribution is 2.30. The van der Waals surface area contributed by atoms with E-state index in [1.54, 1.807) is 30.6 Å². The second-order valence-electron chi connectivity index (χ2n) is 4.08. The molecule has 0 saturated carbocycles. The van der Waals surface area contributed by atoms with Crippen molar-refractivity contribution in [1.82, 2.24) is 15.3 Å². The number of hydrogen-bond acceptors (Lipinski definition) is 4. The Kier molecular flexibility index (Phi) is 4.60. The molecule has 1 amide bonds. The minimum atomic E-state index is -0.202. The van der Waals surface area contributed by atoms with Gasteiger partial charge < -0.3 is 19.8 Å². The number of rotatable bonds is 6. The van der Waals surface area contributed by atoms with Gasteiger partial charge in [0.15, 0.2) is 11.5 Å². The van der Waals surface area contributed by atoms with Crippen molar-refractivity contribution in [3.05, 3.63) is 42.0 Å². The second-order valence-corrected chi connectivity index (χ2v) is 4.08. The Morgan fingerprint density at radius 2 is 2.20 bits per heavy atom. The highest BCUT2D eigenvalue weighted by atomic mass is 16.5. The molecule has 6 heteroatoms. The summed E-state index contributed by atoms with van der Waals surface area (Å²) < 4.78 is 10.4. The van der Waals surface area contributed by atoms with Gasteiger partial charge in [-0.05, 0) is 12.1 Å². The van der Waals surface area contributed by atoms with E-state index in [1.165, 1.54) is 14.2 Å². The van der Waals surface area contributed by atoms with E-state index in [0.29, 0.717) is 30.0 Å². The molecule has 0 fully saturated rings. The standard InChI is InChI=1S/C14H17N3O3/c1-19-11-5-3-4-10(13(11)20-2)14(18)17-7-6-12-15-8-9-16-12/h3-5,8-9H,6-7H2,1-2H3,(H,15,16)(H,17,18). The number of carbonyl (C=O) groups is 1. The van der Waals surface area contributed by atoms with Crippen molar-refractivity contribution in [3.8, 4) is 11.5 Å². The van der Waals surface area contributed by atoms with Gasteiger partial charge in [0.25, 0.3) is 5.91 Å². The van der Waals surface area contributed by atoms with Crippen LogP contribution < -0.4 is 14.8 Å². The average molecular weight is 275 g/mol. The molecule has 1 aromatic carbocycles. The van der Waals surface area contributed by atoms with Gasteiger partial charge in [-0.3, -0.25) is 4.79 Å². The topological polar surface area (TPSA) is 76.2 Å². The normalized spacial score (nSPS) is 10.1.